The number of ether oxygens (including phenoxy) is 3. The first kappa shape index (κ1) is 20.2. The fourth-order valence-corrected chi connectivity index (χ4v) is 2.83. The van der Waals surface area contributed by atoms with Crippen LogP contribution in [0.5, 0.6) is 0 Å². The Hall–Kier alpha value is -1.89. The number of carbonyl (C=O) groups is 3. The van der Waals surface area contributed by atoms with Crippen LogP contribution in [-0.4, -0.2) is 60.0 Å². The fraction of sp³-hybridized carbons (Fsp3) is 0.500. The Labute approximate surface area is 142 Å². The molecule has 132 valence electrons. The van der Waals surface area contributed by atoms with Crippen LogP contribution >= 0.6 is 0 Å². The lowest BCUT2D eigenvalue weighted by Gasteiger charge is -2.20. The average Bonchev–Trinajstić information content (AvgIpc) is 2.61. The normalized spacial score (nSPS) is 10.6. The maximum atomic E-state index is 11.7. The van der Waals surface area contributed by atoms with E-state index < -0.39 is 0 Å². The Morgan fingerprint density at radius 3 is 1.00 bits per heavy atom. The van der Waals surface area contributed by atoms with Gasteiger partial charge in [0.2, 0.25) is 0 Å². The summed E-state index contributed by atoms with van der Waals surface area (Å²) in [6.45, 7) is 1.11. The van der Waals surface area contributed by atoms with Crippen molar-refractivity contribution in [2.24, 2.45) is 0 Å². The van der Waals surface area contributed by atoms with Gasteiger partial charge in [0.05, 0.1) is 19.8 Å². The first-order valence-corrected chi connectivity index (χ1v) is 7.72. The number of rotatable bonds is 12. The van der Waals surface area contributed by atoms with Gasteiger partial charge < -0.3 is 14.2 Å². The molecule has 6 nitrogen and oxygen atoms in total. The van der Waals surface area contributed by atoms with Gasteiger partial charge >= 0.3 is 0 Å². The predicted molar refractivity (Wildman–Crippen MR) is 89.3 cm³/mol. The van der Waals surface area contributed by atoms with Crippen molar-refractivity contribution in [1.29, 1.82) is 0 Å². The van der Waals surface area contributed by atoms with E-state index in [0.717, 1.165) is 0 Å². The van der Waals surface area contributed by atoms with E-state index in [1.165, 1.54) is 0 Å². The number of carbonyl (C=O) groups excluding carboxylic acids is 3. The van der Waals surface area contributed by atoms with Gasteiger partial charge in [-0.1, -0.05) is 0 Å². The van der Waals surface area contributed by atoms with Crippen LogP contribution in [0.3, 0.4) is 0 Å². The molecule has 6 heteroatoms. The molecule has 1 aromatic carbocycles. The van der Waals surface area contributed by atoms with Crippen molar-refractivity contribution in [2.75, 3.05) is 41.2 Å². The van der Waals surface area contributed by atoms with Crippen molar-refractivity contribution in [3.63, 3.8) is 0 Å². The zero-order valence-corrected chi connectivity index (χ0v) is 14.4. The molecule has 0 aromatic heterocycles. The molecule has 1 rings (SSSR count). The predicted octanol–water partition coefficient (Wildman–Crippen LogP) is 1.69. The van der Waals surface area contributed by atoms with E-state index in [-0.39, 0.29) is 0 Å². The minimum Gasteiger partial charge on any atom is -0.384 e. The van der Waals surface area contributed by atoms with E-state index in [0.29, 0.717) is 91.3 Å². The summed E-state index contributed by atoms with van der Waals surface area (Å²) in [5, 5.41) is 0. The fourth-order valence-electron chi connectivity index (χ4n) is 2.83. The Kier molecular flexibility index (Phi) is 9.07. The van der Waals surface area contributed by atoms with Gasteiger partial charge in [-0.15, -0.1) is 0 Å². The molecule has 0 saturated heterocycles. The van der Waals surface area contributed by atoms with Gasteiger partial charge in [-0.25, -0.2) is 0 Å². The van der Waals surface area contributed by atoms with E-state index in [2.05, 4.69) is 0 Å². The smallest absolute Gasteiger partial charge is 0.150 e. The lowest BCUT2D eigenvalue weighted by atomic mass is 9.84. The molecule has 0 spiro atoms. The maximum Gasteiger partial charge on any atom is 0.150 e. The molecule has 0 atom stereocenters. The molecular formula is C18H24O6. The Morgan fingerprint density at radius 1 is 0.583 bits per heavy atom. The Morgan fingerprint density at radius 2 is 0.833 bits per heavy atom. The number of aldehydes is 3. The highest BCUT2D eigenvalue weighted by atomic mass is 16.5. The lowest BCUT2D eigenvalue weighted by Crippen LogP contribution is -2.16. The molecule has 1 aromatic rings. The summed E-state index contributed by atoms with van der Waals surface area (Å²) >= 11 is 0. The van der Waals surface area contributed by atoms with Crippen LogP contribution in [0, 0.1) is 0 Å². The van der Waals surface area contributed by atoms with E-state index in [4.69, 9.17) is 14.2 Å². The van der Waals surface area contributed by atoms with Crippen molar-refractivity contribution >= 4 is 18.9 Å². The van der Waals surface area contributed by atoms with Crippen molar-refractivity contribution in [3.8, 4) is 0 Å². The summed E-state index contributed by atoms with van der Waals surface area (Å²) in [5.74, 6) is 0. The summed E-state index contributed by atoms with van der Waals surface area (Å²) in [7, 11) is 4.66. The van der Waals surface area contributed by atoms with Gasteiger partial charge in [0.25, 0.3) is 0 Å². The molecule has 0 unspecified atom stereocenters. The van der Waals surface area contributed by atoms with Crippen molar-refractivity contribution < 1.29 is 28.6 Å². The monoisotopic (exact) mass is 336 g/mol. The molecule has 0 aliphatic rings. The third kappa shape index (κ3) is 4.56. The first-order chi connectivity index (χ1) is 11.7. The van der Waals surface area contributed by atoms with Crippen LogP contribution < -0.4 is 0 Å². The Balaban J connectivity index is 3.67. The highest BCUT2D eigenvalue weighted by Gasteiger charge is 2.22. The average molecular weight is 336 g/mol. The van der Waals surface area contributed by atoms with Gasteiger partial charge in [-0.3, -0.25) is 14.4 Å². The van der Waals surface area contributed by atoms with Gasteiger partial charge in [-0.2, -0.15) is 0 Å². The summed E-state index contributed by atoms with van der Waals surface area (Å²) in [6, 6.07) is 0. The second kappa shape index (κ2) is 10.8. The topological polar surface area (TPSA) is 78.9 Å². The van der Waals surface area contributed by atoms with Gasteiger partial charge in [-0.05, 0) is 36.0 Å². The Bertz CT molecular complexity index is 477. The lowest BCUT2D eigenvalue weighted by molar-refractivity contribution is 0.112. The second-order valence-electron chi connectivity index (χ2n) is 5.26. The van der Waals surface area contributed by atoms with Crippen LogP contribution in [-0.2, 0) is 33.5 Å². The van der Waals surface area contributed by atoms with Crippen LogP contribution in [0.2, 0.25) is 0 Å². The van der Waals surface area contributed by atoms with E-state index in [1.807, 2.05) is 0 Å². The largest absolute Gasteiger partial charge is 0.384 e. The summed E-state index contributed by atoms with van der Waals surface area (Å²) in [5.41, 5.74) is 3.00. The number of hydrogen-bond donors (Lipinski definition) is 0. The third-order valence-corrected chi connectivity index (χ3v) is 3.97. The van der Waals surface area contributed by atoms with Gasteiger partial charge in [0.15, 0.2) is 18.9 Å². The first-order valence-electron chi connectivity index (χ1n) is 7.72. The number of methoxy groups -OCH3 is 3. The minimum absolute atomic E-state index is 0.371. The summed E-state index contributed by atoms with van der Waals surface area (Å²) in [6.07, 6.45) is 3.36. The highest BCUT2D eigenvalue weighted by Crippen LogP contribution is 2.28. The quantitative estimate of drug-likeness (QED) is 0.541. The van der Waals surface area contributed by atoms with Crippen LogP contribution in [0.15, 0.2) is 0 Å². The van der Waals surface area contributed by atoms with Crippen molar-refractivity contribution in [1.82, 2.24) is 0 Å². The number of hydrogen-bond acceptors (Lipinski definition) is 6. The molecule has 0 aliphatic heterocycles. The van der Waals surface area contributed by atoms with Crippen molar-refractivity contribution in [3.05, 3.63) is 33.4 Å². The SMILES string of the molecule is COCCc1c(C=O)c(CCOC)c(C=O)c(CCOC)c1C=O. The highest BCUT2D eigenvalue weighted by molar-refractivity contribution is 5.95. The van der Waals surface area contributed by atoms with E-state index in [9.17, 15) is 14.4 Å². The zero-order valence-electron chi connectivity index (χ0n) is 14.4. The van der Waals surface area contributed by atoms with Crippen LogP contribution in [0.1, 0.15) is 47.8 Å². The summed E-state index contributed by atoms with van der Waals surface area (Å²) in [4.78, 5) is 35.1. The maximum absolute atomic E-state index is 11.7. The van der Waals surface area contributed by atoms with Crippen LogP contribution in [0.4, 0.5) is 0 Å². The molecule has 0 bridgehead atoms. The van der Waals surface area contributed by atoms with Crippen LogP contribution in [0.25, 0.3) is 0 Å². The van der Waals surface area contributed by atoms with E-state index >= 15 is 0 Å². The van der Waals surface area contributed by atoms with E-state index in [1.54, 1.807) is 21.3 Å². The minimum atomic E-state index is 0.371. The molecule has 24 heavy (non-hydrogen) atoms. The third-order valence-electron chi connectivity index (χ3n) is 3.97. The van der Waals surface area contributed by atoms with Crippen molar-refractivity contribution in [2.45, 2.75) is 19.3 Å². The second-order valence-corrected chi connectivity index (χ2v) is 5.26. The molecule has 0 heterocycles. The molecule has 0 aliphatic carbocycles. The van der Waals surface area contributed by atoms with Gasteiger partial charge in [0, 0.05) is 38.0 Å². The molecule has 0 amide bonds. The van der Waals surface area contributed by atoms with Gasteiger partial charge in [0.1, 0.15) is 0 Å². The molecule has 0 N–H and O–H groups in total. The molecular weight excluding hydrogens is 312 g/mol. The molecule has 0 fully saturated rings. The molecule has 0 radical (unpaired) electrons. The summed E-state index contributed by atoms with van der Waals surface area (Å²) < 4.78 is 15.3. The molecule has 0 saturated carbocycles. The number of benzene rings is 1. The zero-order chi connectivity index (χ0) is 17.9. The standard InChI is InChI=1S/C18H24O6/c1-22-7-4-13-16(10-19)14(5-8-23-2)18(12-21)15(6-9-24-3)17(13)11-20/h10-12H,4-9H2,1-3H3.